The Balaban J connectivity index is 2.13. The summed E-state index contributed by atoms with van der Waals surface area (Å²) in [7, 11) is -0.663. The van der Waals surface area contributed by atoms with E-state index in [4.69, 9.17) is 0 Å². The molecule has 1 heterocycles. The van der Waals surface area contributed by atoms with Crippen LogP contribution < -0.4 is 5.32 Å². The van der Waals surface area contributed by atoms with Crippen molar-refractivity contribution in [2.24, 2.45) is 0 Å². The molecule has 3 nitrogen and oxygen atoms in total. The molecule has 78 valence electrons. The lowest BCUT2D eigenvalue weighted by Crippen LogP contribution is -2.20. The lowest BCUT2D eigenvalue weighted by atomic mass is 10.3. The van der Waals surface area contributed by atoms with Crippen molar-refractivity contribution < 1.29 is 4.21 Å². The van der Waals surface area contributed by atoms with Gasteiger partial charge in [-0.1, -0.05) is 13.0 Å². The number of hydrogen-bond donors (Lipinski definition) is 1. The van der Waals surface area contributed by atoms with Crippen molar-refractivity contribution in [2.75, 3.05) is 18.1 Å². The molecule has 0 aliphatic carbocycles. The van der Waals surface area contributed by atoms with E-state index in [1.54, 1.807) is 6.20 Å². The first kappa shape index (κ1) is 11.3. The summed E-state index contributed by atoms with van der Waals surface area (Å²) in [5, 5.41) is 3.23. The Labute approximate surface area is 87.4 Å². The maximum Gasteiger partial charge on any atom is 0.0360 e. The summed E-state index contributed by atoms with van der Waals surface area (Å²) in [5.41, 5.74) is 1.16. The molecule has 1 unspecified atom stereocenters. The molecule has 4 heteroatoms. The summed E-state index contributed by atoms with van der Waals surface area (Å²) in [5.74, 6) is 1.48. The van der Waals surface area contributed by atoms with Crippen LogP contribution in [0.3, 0.4) is 0 Å². The van der Waals surface area contributed by atoms with Crippen LogP contribution in [-0.4, -0.2) is 27.2 Å². The van der Waals surface area contributed by atoms with Crippen molar-refractivity contribution in [1.82, 2.24) is 10.3 Å². The van der Waals surface area contributed by atoms with Crippen LogP contribution in [0.1, 0.15) is 12.5 Å². The van der Waals surface area contributed by atoms with Crippen LogP contribution in [0.25, 0.3) is 0 Å². The third kappa shape index (κ3) is 4.48. The zero-order chi connectivity index (χ0) is 10.2. The molecule has 0 aliphatic heterocycles. The van der Waals surface area contributed by atoms with Gasteiger partial charge in [0.1, 0.15) is 0 Å². The van der Waals surface area contributed by atoms with Crippen molar-refractivity contribution in [2.45, 2.75) is 13.5 Å². The molecule has 14 heavy (non-hydrogen) atoms. The summed E-state index contributed by atoms with van der Waals surface area (Å²) in [4.78, 5) is 4.01. The average molecular weight is 212 g/mol. The molecule has 0 amide bonds. The van der Waals surface area contributed by atoms with Gasteiger partial charge in [0.2, 0.25) is 0 Å². The van der Waals surface area contributed by atoms with Gasteiger partial charge in [-0.05, 0) is 11.6 Å². The van der Waals surface area contributed by atoms with Crippen LogP contribution in [-0.2, 0) is 17.3 Å². The fourth-order valence-corrected chi connectivity index (χ4v) is 1.73. The van der Waals surface area contributed by atoms with Gasteiger partial charge in [0.05, 0.1) is 0 Å². The van der Waals surface area contributed by atoms with Gasteiger partial charge in [0, 0.05) is 47.8 Å². The highest BCUT2D eigenvalue weighted by Crippen LogP contribution is 1.93. The summed E-state index contributed by atoms with van der Waals surface area (Å²) < 4.78 is 11.1. The van der Waals surface area contributed by atoms with Gasteiger partial charge in [0.15, 0.2) is 0 Å². The van der Waals surface area contributed by atoms with Crippen LogP contribution >= 0.6 is 0 Å². The van der Waals surface area contributed by atoms with E-state index in [-0.39, 0.29) is 0 Å². The Hall–Kier alpha value is -0.740. The topological polar surface area (TPSA) is 42.0 Å². The number of nitrogens with one attached hydrogen (secondary N) is 1. The number of aromatic nitrogens is 1. The van der Waals surface area contributed by atoms with Crippen LogP contribution in [0.2, 0.25) is 0 Å². The molecule has 1 rings (SSSR count). The van der Waals surface area contributed by atoms with Gasteiger partial charge < -0.3 is 5.32 Å². The highest BCUT2D eigenvalue weighted by molar-refractivity contribution is 7.84. The second kappa shape index (κ2) is 6.68. The SMILES string of the molecule is CCS(=O)CCNCc1cccnc1. The highest BCUT2D eigenvalue weighted by atomic mass is 32.2. The van der Waals surface area contributed by atoms with E-state index in [1.165, 1.54) is 0 Å². The summed E-state index contributed by atoms with van der Waals surface area (Å²) in [6.07, 6.45) is 3.60. The third-order valence-corrected chi connectivity index (χ3v) is 3.18. The second-order valence-corrected chi connectivity index (χ2v) is 4.84. The summed E-state index contributed by atoms with van der Waals surface area (Å²) in [6.45, 7) is 3.54. The molecule has 0 aromatic carbocycles. The number of hydrogen-bond acceptors (Lipinski definition) is 3. The Kier molecular flexibility index (Phi) is 5.40. The van der Waals surface area contributed by atoms with E-state index in [9.17, 15) is 4.21 Å². The van der Waals surface area contributed by atoms with Gasteiger partial charge in [-0.25, -0.2) is 0 Å². The lowest BCUT2D eigenvalue weighted by molar-refractivity contribution is 0.673. The molecule has 1 N–H and O–H groups in total. The predicted octanol–water partition coefficient (Wildman–Crippen LogP) is 0.940. The second-order valence-electron chi connectivity index (χ2n) is 2.97. The minimum atomic E-state index is -0.663. The Morgan fingerprint density at radius 2 is 2.43 bits per heavy atom. The standard InChI is InChI=1S/C10H16N2OS/c1-2-14(13)7-6-12-9-10-4-3-5-11-8-10/h3-5,8,12H,2,6-7,9H2,1H3. The van der Waals surface area contributed by atoms with Gasteiger partial charge in [-0.2, -0.15) is 0 Å². The lowest BCUT2D eigenvalue weighted by Gasteiger charge is -2.03. The first-order valence-corrected chi connectivity index (χ1v) is 6.26. The van der Waals surface area contributed by atoms with E-state index in [0.29, 0.717) is 0 Å². The molecule has 0 radical (unpaired) electrons. The fourth-order valence-electron chi connectivity index (χ4n) is 1.07. The van der Waals surface area contributed by atoms with Crippen molar-refractivity contribution in [3.05, 3.63) is 30.1 Å². The van der Waals surface area contributed by atoms with Crippen LogP contribution in [0.4, 0.5) is 0 Å². The van der Waals surface area contributed by atoms with Gasteiger partial charge in [0.25, 0.3) is 0 Å². The van der Waals surface area contributed by atoms with Crippen molar-refractivity contribution in [3.63, 3.8) is 0 Å². The van der Waals surface area contributed by atoms with Gasteiger partial charge >= 0.3 is 0 Å². The van der Waals surface area contributed by atoms with Crippen molar-refractivity contribution in [1.29, 1.82) is 0 Å². The zero-order valence-corrected chi connectivity index (χ0v) is 9.22. The number of rotatable bonds is 6. The first-order chi connectivity index (χ1) is 6.83. The molecular formula is C10H16N2OS. The maximum absolute atomic E-state index is 11.1. The molecule has 1 aromatic heterocycles. The van der Waals surface area contributed by atoms with E-state index >= 15 is 0 Å². The van der Waals surface area contributed by atoms with Gasteiger partial charge in [-0.3, -0.25) is 9.19 Å². The minimum Gasteiger partial charge on any atom is -0.312 e. The zero-order valence-electron chi connectivity index (χ0n) is 8.40. The summed E-state index contributed by atoms with van der Waals surface area (Å²) in [6, 6.07) is 3.94. The van der Waals surface area contributed by atoms with E-state index in [2.05, 4.69) is 10.3 Å². The van der Waals surface area contributed by atoms with Gasteiger partial charge in [-0.15, -0.1) is 0 Å². The van der Waals surface area contributed by atoms with E-state index in [1.807, 2.05) is 25.3 Å². The smallest absolute Gasteiger partial charge is 0.0360 e. The molecule has 1 atom stereocenters. The predicted molar refractivity (Wildman–Crippen MR) is 59.5 cm³/mol. The first-order valence-electron chi connectivity index (χ1n) is 4.77. The Morgan fingerprint density at radius 3 is 3.07 bits per heavy atom. The van der Waals surface area contributed by atoms with Crippen LogP contribution in [0.5, 0.6) is 0 Å². The van der Waals surface area contributed by atoms with Crippen molar-refractivity contribution in [3.8, 4) is 0 Å². The van der Waals surface area contributed by atoms with Crippen molar-refractivity contribution >= 4 is 10.8 Å². The quantitative estimate of drug-likeness (QED) is 0.714. The monoisotopic (exact) mass is 212 g/mol. The van der Waals surface area contributed by atoms with Crippen LogP contribution in [0.15, 0.2) is 24.5 Å². The fraction of sp³-hybridized carbons (Fsp3) is 0.500. The molecule has 0 bridgehead atoms. The molecule has 0 spiro atoms. The average Bonchev–Trinajstić information content (AvgIpc) is 2.25. The largest absolute Gasteiger partial charge is 0.312 e. The highest BCUT2D eigenvalue weighted by Gasteiger charge is 1.95. The summed E-state index contributed by atoms with van der Waals surface area (Å²) >= 11 is 0. The molecule has 0 saturated carbocycles. The molecule has 1 aromatic rings. The Morgan fingerprint density at radius 1 is 1.57 bits per heavy atom. The van der Waals surface area contributed by atoms with E-state index < -0.39 is 10.8 Å². The maximum atomic E-state index is 11.1. The normalized spacial score (nSPS) is 12.6. The molecule has 0 saturated heterocycles. The third-order valence-electron chi connectivity index (χ3n) is 1.88. The number of pyridine rings is 1. The van der Waals surface area contributed by atoms with Crippen LogP contribution in [0, 0.1) is 0 Å². The number of nitrogens with zero attached hydrogens (tertiary/aromatic N) is 1. The van der Waals surface area contributed by atoms with E-state index in [0.717, 1.165) is 30.2 Å². The minimum absolute atomic E-state index is 0.663. The Bertz CT molecular complexity index is 277. The molecule has 0 fully saturated rings. The molecule has 0 aliphatic rings. The molecular weight excluding hydrogens is 196 g/mol.